The Balaban J connectivity index is 2.04. The third kappa shape index (κ3) is 2.94. The molecule has 0 atom stereocenters. The van der Waals surface area contributed by atoms with Crippen molar-refractivity contribution >= 4 is 0 Å². The minimum Gasteiger partial charge on any atom is -0.496 e. The largest absolute Gasteiger partial charge is 0.496 e. The molecule has 0 aliphatic heterocycles. The van der Waals surface area contributed by atoms with E-state index in [1.54, 1.807) is 14.2 Å². The zero-order chi connectivity index (χ0) is 13.2. The highest BCUT2D eigenvalue weighted by atomic mass is 16.5. The quantitative estimate of drug-likeness (QED) is 0.805. The molecule has 0 bridgehead atoms. The molecule has 0 amide bonds. The highest BCUT2D eigenvalue weighted by molar-refractivity contribution is 5.45. The van der Waals surface area contributed by atoms with Crippen molar-refractivity contribution in [1.29, 1.82) is 0 Å². The van der Waals surface area contributed by atoms with E-state index >= 15 is 0 Å². The maximum atomic E-state index is 6.04. The second kappa shape index (κ2) is 5.16. The van der Waals surface area contributed by atoms with Crippen molar-refractivity contribution < 1.29 is 9.47 Å². The number of aryl methyl sites for hydroxylation is 1. The number of nitrogens with one attached hydrogen (secondary N) is 1. The van der Waals surface area contributed by atoms with Crippen LogP contribution in [0.15, 0.2) is 12.1 Å². The molecule has 18 heavy (non-hydrogen) atoms. The molecule has 100 valence electrons. The van der Waals surface area contributed by atoms with Gasteiger partial charge >= 0.3 is 0 Å². The van der Waals surface area contributed by atoms with Crippen LogP contribution in [0.4, 0.5) is 0 Å². The summed E-state index contributed by atoms with van der Waals surface area (Å²) in [5.74, 6) is 1.78. The third-order valence-electron chi connectivity index (χ3n) is 3.48. The fourth-order valence-electron chi connectivity index (χ4n) is 2.04. The third-order valence-corrected chi connectivity index (χ3v) is 3.48. The molecule has 0 aromatic heterocycles. The summed E-state index contributed by atoms with van der Waals surface area (Å²) in [6.07, 6.45) is 2.24. The van der Waals surface area contributed by atoms with E-state index in [0.29, 0.717) is 0 Å². The average Bonchev–Trinajstić information content (AvgIpc) is 3.08. The van der Waals surface area contributed by atoms with Crippen LogP contribution in [0.3, 0.4) is 0 Å². The van der Waals surface area contributed by atoms with Crippen LogP contribution in [-0.2, 0) is 6.54 Å². The van der Waals surface area contributed by atoms with Gasteiger partial charge in [0.1, 0.15) is 11.5 Å². The molecule has 1 saturated carbocycles. The minimum atomic E-state index is 0.0298. The van der Waals surface area contributed by atoms with E-state index < -0.39 is 0 Å². The summed E-state index contributed by atoms with van der Waals surface area (Å²) >= 11 is 0. The SMILES string of the molecule is COc1cc(CNCC2(N)CC2)c(OC)cc1C. The van der Waals surface area contributed by atoms with Crippen molar-refractivity contribution in [2.24, 2.45) is 5.73 Å². The molecule has 4 heteroatoms. The van der Waals surface area contributed by atoms with Crippen molar-refractivity contribution in [3.05, 3.63) is 23.3 Å². The van der Waals surface area contributed by atoms with E-state index in [1.165, 1.54) is 0 Å². The summed E-state index contributed by atoms with van der Waals surface area (Å²) in [7, 11) is 3.38. The van der Waals surface area contributed by atoms with Gasteiger partial charge < -0.3 is 20.5 Å². The van der Waals surface area contributed by atoms with Crippen LogP contribution in [0.2, 0.25) is 0 Å². The normalized spacial score (nSPS) is 16.4. The van der Waals surface area contributed by atoms with Gasteiger partial charge in [-0.3, -0.25) is 0 Å². The van der Waals surface area contributed by atoms with E-state index in [0.717, 1.165) is 48.6 Å². The highest BCUT2D eigenvalue weighted by Crippen LogP contribution is 2.32. The lowest BCUT2D eigenvalue weighted by atomic mass is 10.1. The predicted molar refractivity (Wildman–Crippen MR) is 72.1 cm³/mol. The molecule has 2 rings (SSSR count). The molecule has 0 radical (unpaired) electrons. The molecule has 4 nitrogen and oxygen atoms in total. The first kappa shape index (κ1) is 13.2. The Morgan fingerprint density at radius 3 is 2.44 bits per heavy atom. The Hall–Kier alpha value is -1.26. The molecule has 1 aromatic carbocycles. The van der Waals surface area contributed by atoms with Crippen molar-refractivity contribution in [2.75, 3.05) is 20.8 Å². The van der Waals surface area contributed by atoms with Gasteiger partial charge in [-0.2, -0.15) is 0 Å². The fraction of sp³-hybridized carbons (Fsp3) is 0.571. The molecular formula is C14H22N2O2. The zero-order valence-corrected chi connectivity index (χ0v) is 11.4. The first-order chi connectivity index (χ1) is 8.58. The van der Waals surface area contributed by atoms with Crippen LogP contribution >= 0.6 is 0 Å². The number of hydrogen-bond donors (Lipinski definition) is 2. The Morgan fingerprint density at radius 2 is 1.89 bits per heavy atom. The Labute approximate surface area is 108 Å². The number of benzene rings is 1. The van der Waals surface area contributed by atoms with E-state index in [2.05, 4.69) is 5.32 Å². The monoisotopic (exact) mass is 250 g/mol. The number of nitrogens with two attached hydrogens (primary N) is 1. The van der Waals surface area contributed by atoms with Gasteiger partial charge in [-0.1, -0.05) is 0 Å². The first-order valence-electron chi connectivity index (χ1n) is 6.29. The van der Waals surface area contributed by atoms with Gasteiger partial charge in [-0.05, 0) is 37.5 Å². The lowest BCUT2D eigenvalue weighted by Gasteiger charge is -2.15. The topological polar surface area (TPSA) is 56.5 Å². The summed E-state index contributed by atoms with van der Waals surface area (Å²) < 4.78 is 10.7. The van der Waals surface area contributed by atoms with Crippen LogP contribution in [0.1, 0.15) is 24.0 Å². The number of methoxy groups -OCH3 is 2. The summed E-state index contributed by atoms with van der Waals surface area (Å²) in [5, 5.41) is 3.39. The highest BCUT2D eigenvalue weighted by Gasteiger charge is 2.37. The standard InChI is InChI=1S/C14H22N2O2/c1-10-6-13(18-3)11(7-12(10)17-2)8-16-9-14(15)4-5-14/h6-7,16H,4-5,8-9,15H2,1-3H3. The summed E-state index contributed by atoms with van der Waals surface area (Å²) in [6.45, 7) is 3.61. The molecule has 0 heterocycles. The molecule has 0 unspecified atom stereocenters. The van der Waals surface area contributed by atoms with Crippen LogP contribution in [0.5, 0.6) is 11.5 Å². The second-order valence-electron chi connectivity index (χ2n) is 5.10. The molecular weight excluding hydrogens is 228 g/mol. The fourth-order valence-corrected chi connectivity index (χ4v) is 2.04. The van der Waals surface area contributed by atoms with Gasteiger partial charge in [-0.15, -0.1) is 0 Å². The Morgan fingerprint density at radius 1 is 1.22 bits per heavy atom. The van der Waals surface area contributed by atoms with Crippen molar-refractivity contribution in [2.45, 2.75) is 31.8 Å². The number of hydrogen-bond acceptors (Lipinski definition) is 4. The summed E-state index contributed by atoms with van der Waals surface area (Å²) in [4.78, 5) is 0. The van der Waals surface area contributed by atoms with Gasteiger partial charge in [0.25, 0.3) is 0 Å². The first-order valence-corrected chi connectivity index (χ1v) is 6.29. The number of rotatable bonds is 6. The lowest BCUT2D eigenvalue weighted by Crippen LogP contribution is -2.35. The van der Waals surface area contributed by atoms with Crippen LogP contribution in [0, 0.1) is 6.92 Å². The Kier molecular flexibility index (Phi) is 3.78. The molecule has 3 N–H and O–H groups in total. The van der Waals surface area contributed by atoms with Gasteiger partial charge in [0.15, 0.2) is 0 Å². The molecule has 1 aliphatic rings. The van der Waals surface area contributed by atoms with Gasteiger partial charge in [0.2, 0.25) is 0 Å². The summed E-state index contributed by atoms with van der Waals surface area (Å²) in [6, 6.07) is 4.03. The maximum absolute atomic E-state index is 6.04. The van der Waals surface area contributed by atoms with E-state index in [1.807, 2.05) is 19.1 Å². The molecule has 1 aliphatic carbocycles. The van der Waals surface area contributed by atoms with Crippen LogP contribution in [0.25, 0.3) is 0 Å². The Bertz CT molecular complexity index is 428. The molecule has 0 spiro atoms. The predicted octanol–water partition coefficient (Wildman–Crippen LogP) is 1.59. The molecule has 0 saturated heterocycles. The van der Waals surface area contributed by atoms with Crippen molar-refractivity contribution in [1.82, 2.24) is 5.32 Å². The molecule has 1 fully saturated rings. The van der Waals surface area contributed by atoms with Gasteiger partial charge in [0.05, 0.1) is 14.2 Å². The summed E-state index contributed by atoms with van der Waals surface area (Å²) in [5.41, 5.74) is 8.25. The number of ether oxygens (including phenoxy) is 2. The smallest absolute Gasteiger partial charge is 0.123 e. The second-order valence-corrected chi connectivity index (χ2v) is 5.10. The van der Waals surface area contributed by atoms with E-state index in [9.17, 15) is 0 Å². The van der Waals surface area contributed by atoms with E-state index in [-0.39, 0.29) is 5.54 Å². The average molecular weight is 250 g/mol. The van der Waals surface area contributed by atoms with Gasteiger partial charge in [-0.25, -0.2) is 0 Å². The van der Waals surface area contributed by atoms with Crippen molar-refractivity contribution in [3.8, 4) is 11.5 Å². The van der Waals surface area contributed by atoms with E-state index in [4.69, 9.17) is 15.2 Å². The van der Waals surface area contributed by atoms with Gasteiger partial charge in [0, 0.05) is 24.2 Å². The van der Waals surface area contributed by atoms with Crippen LogP contribution in [-0.4, -0.2) is 26.3 Å². The lowest BCUT2D eigenvalue weighted by molar-refractivity contribution is 0.394. The zero-order valence-electron chi connectivity index (χ0n) is 11.4. The van der Waals surface area contributed by atoms with Crippen molar-refractivity contribution in [3.63, 3.8) is 0 Å². The van der Waals surface area contributed by atoms with Crippen LogP contribution < -0.4 is 20.5 Å². The molecule has 1 aromatic rings. The minimum absolute atomic E-state index is 0.0298. The maximum Gasteiger partial charge on any atom is 0.123 e.